The number of carboxylic acid groups (broad SMARTS) is 2. The maximum absolute atomic E-state index is 13.5. The van der Waals surface area contributed by atoms with E-state index < -0.39 is 77.9 Å². The largest absolute Gasteiger partial charge is 0.504 e. The Morgan fingerprint density at radius 3 is 2.17 bits per heavy atom. The highest BCUT2D eigenvalue weighted by atomic mass is 16.6. The summed E-state index contributed by atoms with van der Waals surface area (Å²) in [7, 11) is 0. The van der Waals surface area contributed by atoms with E-state index in [4.69, 9.17) is 24.4 Å². The highest BCUT2D eigenvalue weighted by Crippen LogP contribution is 2.69. The van der Waals surface area contributed by atoms with E-state index in [1.165, 1.54) is 6.07 Å². The molecule has 3 aliphatic carbocycles. The Kier molecular flexibility index (Phi) is 9.69. The minimum Gasteiger partial charge on any atom is -0.504 e. The lowest BCUT2D eigenvalue weighted by Gasteiger charge is -2.62. The number of rotatable bonds is 14. The molecular formula is C32H38N2O14. The number of phenols is 1. The van der Waals surface area contributed by atoms with Crippen molar-refractivity contribution in [2.45, 2.75) is 87.6 Å². The van der Waals surface area contributed by atoms with E-state index in [1.54, 1.807) is 6.08 Å². The molecule has 1 saturated carbocycles. The fourth-order valence-corrected chi connectivity index (χ4v) is 7.70. The number of phenolic OH excluding ortho intramolecular Hbond substituents is 1. The summed E-state index contributed by atoms with van der Waals surface area (Å²) in [6.45, 7) is 1.72. The number of carbonyl (C=O) groups is 6. The summed E-state index contributed by atoms with van der Waals surface area (Å²) in [6.07, 6.45) is -3.13. The second-order valence-corrected chi connectivity index (χ2v) is 12.7. The monoisotopic (exact) mass is 674 g/mol. The molecule has 16 nitrogen and oxygen atoms in total. The number of esters is 2. The SMILES string of the molecule is CC1CC[C@]23c4c5ccc(O)c4O[C@H]2C(OC(=O)CCNC(=O)C[C@H](O)C(=O)O)=CC[C@@]3(OC(=O)CCNC(=O)C[C@H](O)C(=O)O)[C@H]1C5. The molecule has 1 aromatic carbocycles. The van der Waals surface area contributed by atoms with Gasteiger partial charge in [0.2, 0.25) is 11.8 Å². The third-order valence-corrected chi connectivity index (χ3v) is 9.85. The predicted molar refractivity (Wildman–Crippen MR) is 159 cm³/mol. The van der Waals surface area contributed by atoms with Crippen molar-refractivity contribution in [3.05, 3.63) is 35.1 Å². The molecule has 260 valence electrons. The molecule has 0 radical (unpaired) electrons. The maximum atomic E-state index is 13.5. The number of hydrogen-bond acceptors (Lipinski definition) is 12. The van der Waals surface area contributed by atoms with E-state index in [9.17, 15) is 44.1 Å². The van der Waals surface area contributed by atoms with Crippen LogP contribution in [0, 0.1) is 11.8 Å². The standard InChI is InChI=1S/C32H38N2O14/c1-15-4-8-31-26-16-2-3-18(35)27(26)47-28(31)21(46-24(40)6-10-33-22(38)13-19(36)29(42)43)5-9-32(31,17(15)12-16)48-25(41)7-11-34-23(39)14-20(37)30(44)45/h2-3,5,15,17,19-20,28,35-37H,4,6-14H2,1H3,(H,33,38)(H,34,39)(H,42,43)(H,44,45)/t15?,17-,19-,20-,28-,31-,32+/m0/s1. The summed E-state index contributed by atoms with van der Waals surface area (Å²) in [5, 5.41) is 52.0. The summed E-state index contributed by atoms with van der Waals surface area (Å²) in [4.78, 5) is 71.9. The second kappa shape index (κ2) is 13.4. The van der Waals surface area contributed by atoms with Crippen molar-refractivity contribution in [2.24, 2.45) is 11.8 Å². The Labute approximate surface area is 274 Å². The predicted octanol–water partition coefficient (Wildman–Crippen LogP) is -0.210. The average Bonchev–Trinajstić information content (AvgIpc) is 3.37. The van der Waals surface area contributed by atoms with Crippen LogP contribution >= 0.6 is 0 Å². The normalized spacial score (nSPS) is 27.2. The van der Waals surface area contributed by atoms with Gasteiger partial charge in [-0.25, -0.2) is 9.59 Å². The average molecular weight is 675 g/mol. The van der Waals surface area contributed by atoms with Gasteiger partial charge in [0.15, 0.2) is 29.8 Å². The van der Waals surface area contributed by atoms with Crippen LogP contribution in [-0.4, -0.2) is 98.2 Å². The quantitative estimate of drug-likeness (QED) is 0.126. The highest BCUT2D eigenvalue weighted by molar-refractivity contribution is 5.84. The third kappa shape index (κ3) is 6.17. The van der Waals surface area contributed by atoms with Crippen molar-refractivity contribution in [1.82, 2.24) is 10.6 Å². The first kappa shape index (κ1) is 34.6. The third-order valence-electron chi connectivity index (χ3n) is 9.85. The lowest BCUT2D eigenvalue weighted by Crippen LogP contribution is -2.70. The molecular weight excluding hydrogens is 636 g/mol. The number of benzene rings is 1. The van der Waals surface area contributed by atoms with Crippen LogP contribution in [0.25, 0.3) is 0 Å². The van der Waals surface area contributed by atoms with Gasteiger partial charge in [0.05, 0.1) is 31.1 Å². The fraction of sp³-hybridized carbons (Fsp3) is 0.562. The van der Waals surface area contributed by atoms with Crippen molar-refractivity contribution < 1.29 is 68.5 Å². The molecule has 1 heterocycles. The topological polar surface area (TPSA) is 255 Å². The van der Waals surface area contributed by atoms with E-state index in [-0.39, 0.29) is 61.4 Å². The zero-order valence-electron chi connectivity index (χ0n) is 26.1. The first-order chi connectivity index (χ1) is 22.7. The Hall–Kier alpha value is -4.70. The number of hydrogen-bond donors (Lipinski definition) is 7. The molecule has 1 unspecified atom stereocenters. The van der Waals surface area contributed by atoms with Crippen molar-refractivity contribution in [3.8, 4) is 11.5 Å². The lowest BCUT2D eigenvalue weighted by atomic mass is 9.44. The van der Waals surface area contributed by atoms with Gasteiger partial charge in [-0.1, -0.05) is 13.0 Å². The molecule has 0 saturated heterocycles. The van der Waals surface area contributed by atoms with Gasteiger partial charge in [0.25, 0.3) is 0 Å². The van der Waals surface area contributed by atoms with Crippen LogP contribution in [0.1, 0.15) is 63.0 Å². The molecule has 7 atom stereocenters. The fourth-order valence-electron chi connectivity index (χ4n) is 7.70. The van der Waals surface area contributed by atoms with Gasteiger partial charge in [0.1, 0.15) is 11.4 Å². The molecule has 2 bridgehead atoms. The van der Waals surface area contributed by atoms with E-state index in [0.29, 0.717) is 18.4 Å². The lowest BCUT2D eigenvalue weighted by molar-refractivity contribution is -0.208. The molecule has 0 aromatic heterocycles. The van der Waals surface area contributed by atoms with Crippen molar-refractivity contribution in [3.63, 3.8) is 0 Å². The van der Waals surface area contributed by atoms with Crippen LogP contribution in [0.4, 0.5) is 0 Å². The number of carboxylic acids is 2. The summed E-state index contributed by atoms with van der Waals surface area (Å²) in [5.41, 5.74) is -0.611. The highest BCUT2D eigenvalue weighted by Gasteiger charge is 2.74. The number of carbonyl (C=O) groups excluding carboxylic acids is 4. The van der Waals surface area contributed by atoms with Crippen molar-refractivity contribution >= 4 is 35.7 Å². The Morgan fingerprint density at radius 2 is 1.56 bits per heavy atom. The summed E-state index contributed by atoms with van der Waals surface area (Å²) in [6, 6.07) is 3.35. The van der Waals surface area contributed by atoms with Gasteiger partial charge >= 0.3 is 23.9 Å². The van der Waals surface area contributed by atoms with E-state index in [1.807, 2.05) is 6.07 Å². The van der Waals surface area contributed by atoms with E-state index >= 15 is 0 Å². The summed E-state index contributed by atoms with van der Waals surface area (Å²) in [5.74, 6) is -5.82. The molecule has 1 aromatic rings. The minimum absolute atomic E-state index is 0.105. The number of aliphatic hydroxyl groups excluding tert-OH is 2. The molecule has 16 heteroatoms. The number of aromatic hydroxyl groups is 1. The number of ether oxygens (including phenoxy) is 3. The van der Waals surface area contributed by atoms with Crippen molar-refractivity contribution in [1.29, 1.82) is 0 Å². The van der Waals surface area contributed by atoms with Crippen molar-refractivity contribution in [2.75, 3.05) is 13.1 Å². The summed E-state index contributed by atoms with van der Waals surface area (Å²) < 4.78 is 18.6. The number of aliphatic hydroxyl groups is 2. The Morgan fingerprint density at radius 1 is 0.958 bits per heavy atom. The van der Waals surface area contributed by atoms with Gasteiger partial charge in [0, 0.05) is 31.0 Å². The maximum Gasteiger partial charge on any atom is 0.333 e. The molecule has 4 aliphatic rings. The molecule has 1 spiro atoms. The van der Waals surface area contributed by atoms with E-state index in [0.717, 1.165) is 12.0 Å². The molecule has 1 aliphatic heterocycles. The number of aliphatic carboxylic acids is 2. The molecule has 2 amide bonds. The van der Waals surface area contributed by atoms with Gasteiger partial charge in [-0.05, 0) is 42.9 Å². The smallest absolute Gasteiger partial charge is 0.333 e. The zero-order valence-corrected chi connectivity index (χ0v) is 26.1. The van der Waals surface area contributed by atoms with Gasteiger partial charge in [-0.15, -0.1) is 0 Å². The minimum atomic E-state index is -1.88. The van der Waals surface area contributed by atoms with Gasteiger partial charge < -0.3 is 50.4 Å². The first-order valence-electron chi connectivity index (χ1n) is 15.7. The zero-order chi connectivity index (χ0) is 35.0. The van der Waals surface area contributed by atoms with Crippen LogP contribution in [0.2, 0.25) is 0 Å². The molecule has 48 heavy (non-hydrogen) atoms. The molecule has 7 N–H and O–H groups in total. The van der Waals surface area contributed by atoms with Crippen LogP contribution in [0.5, 0.6) is 11.5 Å². The first-order valence-corrected chi connectivity index (χ1v) is 15.7. The Balaban J connectivity index is 1.36. The molecule has 1 fully saturated rings. The van der Waals surface area contributed by atoms with Crippen LogP contribution < -0.4 is 15.4 Å². The van der Waals surface area contributed by atoms with E-state index in [2.05, 4.69) is 17.6 Å². The van der Waals surface area contributed by atoms with Gasteiger partial charge in [-0.3, -0.25) is 19.2 Å². The van der Waals surface area contributed by atoms with Gasteiger partial charge in [-0.2, -0.15) is 0 Å². The van der Waals surface area contributed by atoms with Crippen LogP contribution in [-0.2, 0) is 50.1 Å². The van der Waals surface area contributed by atoms with Crippen LogP contribution in [0.15, 0.2) is 24.0 Å². The Bertz CT molecular complexity index is 1560. The number of nitrogens with one attached hydrogen (secondary N) is 2. The summed E-state index contributed by atoms with van der Waals surface area (Å²) >= 11 is 0. The van der Waals surface area contributed by atoms with Crippen LogP contribution in [0.3, 0.4) is 0 Å². The number of amides is 2. The molecule has 5 rings (SSSR count). The second-order valence-electron chi connectivity index (χ2n) is 12.7.